The number of rotatable bonds is 5. The summed E-state index contributed by atoms with van der Waals surface area (Å²) in [5, 5.41) is 11.8. The largest absolute Gasteiger partial charge is 0.481 e. The van der Waals surface area contributed by atoms with Gasteiger partial charge in [-0.25, -0.2) is 0 Å². The van der Waals surface area contributed by atoms with Crippen LogP contribution in [0.1, 0.15) is 40.0 Å². The van der Waals surface area contributed by atoms with Gasteiger partial charge in [-0.1, -0.05) is 20.8 Å². The molecule has 0 aromatic rings. The molecule has 0 saturated carbocycles. The number of nitrogens with two attached hydrogens (primary N) is 1. The van der Waals surface area contributed by atoms with E-state index in [0.717, 1.165) is 25.9 Å². The fraction of sp³-hybridized carbons (Fsp3) is 0.857. The molecule has 0 aromatic heterocycles. The van der Waals surface area contributed by atoms with Crippen molar-refractivity contribution in [3.05, 3.63) is 0 Å². The highest BCUT2D eigenvalue weighted by atomic mass is 16.4. The van der Waals surface area contributed by atoms with E-state index in [1.807, 2.05) is 20.8 Å². The summed E-state index contributed by atoms with van der Waals surface area (Å²) in [5.74, 6) is -1.00. The van der Waals surface area contributed by atoms with Gasteiger partial charge < -0.3 is 16.2 Å². The van der Waals surface area contributed by atoms with Crippen LogP contribution in [0.25, 0.3) is 0 Å². The van der Waals surface area contributed by atoms with Gasteiger partial charge in [0.25, 0.3) is 0 Å². The highest BCUT2D eigenvalue weighted by Gasteiger charge is 2.29. The van der Waals surface area contributed by atoms with E-state index in [1.165, 1.54) is 0 Å². The summed E-state index contributed by atoms with van der Waals surface area (Å²) >= 11 is 0. The van der Waals surface area contributed by atoms with Gasteiger partial charge in [0.15, 0.2) is 0 Å². The van der Waals surface area contributed by atoms with Crippen molar-refractivity contribution in [1.29, 1.82) is 0 Å². The van der Waals surface area contributed by atoms with Crippen molar-refractivity contribution in [3.8, 4) is 0 Å². The lowest BCUT2D eigenvalue weighted by Crippen LogP contribution is -2.50. The molecule has 1 aliphatic heterocycles. The van der Waals surface area contributed by atoms with Crippen LogP contribution in [0.5, 0.6) is 0 Å². The van der Waals surface area contributed by atoms with Crippen LogP contribution >= 0.6 is 0 Å². The van der Waals surface area contributed by atoms with E-state index in [-0.39, 0.29) is 29.8 Å². The number of likely N-dealkylation sites (tertiary alicyclic amines) is 1. The van der Waals surface area contributed by atoms with Crippen LogP contribution in [0.2, 0.25) is 0 Å². The smallest absolute Gasteiger partial charge is 0.305 e. The van der Waals surface area contributed by atoms with Crippen LogP contribution in [0.4, 0.5) is 0 Å². The van der Waals surface area contributed by atoms with Gasteiger partial charge in [-0.2, -0.15) is 0 Å². The van der Waals surface area contributed by atoms with Crippen LogP contribution < -0.4 is 11.1 Å². The van der Waals surface area contributed by atoms with E-state index in [2.05, 4.69) is 10.2 Å². The van der Waals surface area contributed by atoms with Crippen LogP contribution in [-0.2, 0) is 9.59 Å². The van der Waals surface area contributed by atoms with Gasteiger partial charge in [0.2, 0.25) is 5.91 Å². The molecule has 1 fully saturated rings. The lowest BCUT2D eigenvalue weighted by Gasteiger charge is -2.33. The molecule has 1 aliphatic rings. The zero-order valence-corrected chi connectivity index (χ0v) is 12.7. The second-order valence-corrected chi connectivity index (χ2v) is 6.70. The molecule has 20 heavy (non-hydrogen) atoms. The molecule has 6 nitrogen and oxygen atoms in total. The summed E-state index contributed by atoms with van der Waals surface area (Å²) in [5.41, 5.74) is 5.55. The summed E-state index contributed by atoms with van der Waals surface area (Å²) in [6.07, 6.45) is 1.76. The van der Waals surface area contributed by atoms with Crippen molar-refractivity contribution in [2.75, 3.05) is 19.6 Å². The molecule has 4 N–H and O–H groups in total. The summed E-state index contributed by atoms with van der Waals surface area (Å²) in [4.78, 5) is 25.0. The van der Waals surface area contributed by atoms with Crippen molar-refractivity contribution in [2.45, 2.75) is 52.1 Å². The zero-order chi connectivity index (χ0) is 15.3. The van der Waals surface area contributed by atoms with Crippen LogP contribution in [0.15, 0.2) is 0 Å². The molecule has 1 rings (SSSR count). The van der Waals surface area contributed by atoms with Crippen molar-refractivity contribution >= 4 is 11.9 Å². The highest BCUT2D eigenvalue weighted by Crippen LogP contribution is 2.22. The Bertz CT molecular complexity index is 344. The number of hydrogen-bond donors (Lipinski definition) is 3. The number of hydrogen-bond acceptors (Lipinski definition) is 4. The van der Waals surface area contributed by atoms with Crippen LogP contribution in [0.3, 0.4) is 0 Å². The van der Waals surface area contributed by atoms with E-state index < -0.39 is 5.97 Å². The third-order valence-electron chi connectivity index (χ3n) is 3.76. The molecule has 6 heteroatoms. The maximum atomic E-state index is 12.1. The average Bonchev–Trinajstić information content (AvgIpc) is 2.29. The third-order valence-corrected chi connectivity index (χ3v) is 3.76. The summed E-state index contributed by atoms with van der Waals surface area (Å²) in [6.45, 7) is 7.77. The maximum Gasteiger partial charge on any atom is 0.305 e. The molecule has 0 spiro atoms. The number of aliphatic carboxylic acids is 1. The van der Waals surface area contributed by atoms with Gasteiger partial charge in [0.05, 0.1) is 13.0 Å². The van der Waals surface area contributed by atoms with Crippen molar-refractivity contribution in [3.63, 3.8) is 0 Å². The molecule has 116 valence electrons. The minimum Gasteiger partial charge on any atom is -0.481 e. The number of nitrogens with one attached hydrogen (secondary N) is 1. The van der Waals surface area contributed by atoms with Gasteiger partial charge >= 0.3 is 5.97 Å². The molecular weight excluding hydrogens is 258 g/mol. The monoisotopic (exact) mass is 285 g/mol. The molecule has 1 atom stereocenters. The van der Waals surface area contributed by atoms with E-state index in [4.69, 9.17) is 10.8 Å². The molecule has 0 bridgehead atoms. The molecule has 1 saturated heterocycles. The van der Waals surface area contributed by atoms with E-state index >= 15 is 0 Å². The Labute approximate surface area is 120 Å². The minimum absolute atomic E-state index is 0.0554. The van der Waals surface area contributed by atoms with E-state index in [9.17, 15) is 9.59 Å². The molecular formula is C14H27N3O3. The zero-order valence-electron chi connectivity index (χ0n) is 12.7. The minimum atomic E-state index is -0.894. The van der Waals surface area contributed by atoms with Gasteiger partial charge in [-0.05, 0) is 18.3 Å². The molecule has 0 aromatic carbocycles. The Kier molecular flexibility index (Phi) is 5.95. The first-order valence-corrected chi connectivity index (χ1v) is 7.17. The second-order valence-electron chi connectivity index (χ2n) is 6.70. The van der Waals surface area contributed by atoms with Gasteiger partial charge in [0.1, 0.15) is 0 Å². The second kappa shape index (κ2) is 7.04. The number of amides is 1. The summed E-state index contributed by atoms with van der Waals surface area (Å²) in [7, 11) is 0. The summed E-state index contributed by atoms with van der Waals surface area (Å²) < 4.78 is 0. The lowest BCUT2D eigenvalue weighted by molar-refractivity contribution is -0.138. The quantitative estimate of drug-likeness (QED) is 0.680. The molecule has 1 heterocycles. The predicted octanol–water partition coefficient (Wildman–Crippen LogP) is 0.415. The van der Waals surface area contributed by atoms with Crippen LogP contribution in [-0.4, -0.2) is 53.6 Å². The Hall–Kier alpha value is -1.14. The topological polar surface area (TPSA) is 95.7 Å². The van der Waals surface area contributed by atoms with Gasteiger partial charge in [-0.3, -0.25) is 14.5 Å². The molecule has 1 unspecified atom stereocenters. The Morgan fingerprint density at radius 3 is 2.35 bits per heavy atom. The van der Waals surface area contributed by atoms with Gasteiger partial charge in [-0.15, -0.1) is 0 Å². The normalized spacial score (nSPS) is 19.6. The standard InChI is InChI=1S/C14H27N3O3/c1-14(2,3)11(8-13(19)20)16-12(18)9-17-6-4-10(15)5-7-17/h10-11H,4-9,15H2,1-3H3,(H,16,18)(H,19,20). The predicted molar refractivity (Wildman–Crippen MR) is 77.3 cm³/mol. The summed E-state index contributed by atoms with van der Waals surface area (Å²) in [6, 6.07) is -0.122. The number of piperidine rings is 1. The van der Waals surface area contributed by atoms with Crippen molar-refractivity contribution < 1.29 is 14.7 Å². The first-order valence-electron chi connectivity index (χ1n) is 7.17. The number of carboxylic acids is 1. The Morgan fingerprint density at radius 1 is 1.35 bits per heavy atom. The van der Waals surface area contributed by atoms with E-state index in [0.29, 0.717) is 6.54 Å². The fourth-order valence-electron chi connectivity index (χ4n) is 2.30. The first kappa shape index (κ1) is 16.9. The molecule has 0 radical (unpaired) electrons. The van der Waals surface area contributed by atoms with Gasteiger partial charge in [0, 0.05) is 25.2 Å². The van der Waals surface area contributed by atoms with Crippen LogP contribution in [0, 0.1) is 5.41 Å². The van der Waals surface area contributed by atoms with E-state index in [1.54, 1.807) is 0 Å². The first-order chi connectivity index (χ1) is 9.18. The molecule has 1 amide bonds. The lowest BCUT2D eigenvalue weighted by atomic mass is 9.84. The highest BCUT2D eigenvalue weighted by molar-refractivity contribution is 5.79. The number of nitrogens with zero attached hydrogens (tertiary/aromatic N) is 1. The number of carbonyl (C=O) groups is 2. The third kappa shape index (κ3) is 5.88. The fourth-order valence-corrected chi connectivity index (χ4v) is 2.30. The van der Waals surface area contributed by atoms with Crippen molar-refractivity contribution in [2.24, 2.45) is 11.1 Å². The number of carboxylic acid groups (broad SMARTS) is 1. The maximum absolute atomic E-state index is 12.1. The SMILES string of the molecule is CC(C)(C)C(CC(=O)O)NC(=O)CN1CCC(N)CC1. The Morgan fingerprint density at radius 2 is 1.90 bits per heavy atom. The number of carbonyl (C=O) groups excluding carboxylic acids is 1. The Balaban J connectivity index is 2.47. The van der Waals surface area contributed by atoms with Crippen molar-refractivity contribution in [1.82, 2.24) is 10.2 Å². The average molecular weight is 285 g/mol. The molecule has 0 aliphatic carbocycles.